The number of guanidine groups is 1. The van der Waals surface area contributed by atoms with Crippen molar-refractivity contribution in [1.82, 2.24) is 41.5 Å². The lowest BCUT2D eigenvalue weighted by Crippen LogP contribution is -2.60. The third-order valence-corrected chi connectivity index (χ3v) is 9.69. The van der Waals surface area contributed by atoms with Crippen molar-refractivity contribution >= 4 is 52.3 Å². The number of amides is 6. The van der Waals surface area contributed by atoms with E-state index in [4.69, 9.17) is 22.9 Å². The number of carbonyl (C=O) groups excluding carboxylic acids is 6. The number of aliphatic imine (C=N–C) groups is 1. The van der Waals surface area contributed by atoms with Gasteiger partial charge in [-0.1, -0.05) is 62.4 Å². The van der Waals surface area contributed by atoms with E-state index in [-0.39, 0.29) is 44.1 Å². The Morgan fingerprint density at radius 2 is 1.28 bits per heavy atom. The number of nitrogens with two attached hydrogens (primary N) is 4. The van der Waals surface area contributed by atoms with Crippen LogP contribution in [0.2, 0.25) is 0 Å². The zero-order valence-electron chi connectivity index (χ0n) is 34.1. The number of carbonyl (C=O) groups is 6. The summed E-state index contributed by atoms with van der Waals surface area (Å²) in [5.74, 6) is -4.14. The van der Waals surface area contributed by atoms with Crippen molar-refractivity contribution in [2.75, 3.05) is 6.54 Å². The largest absolute Gasteiger partial charge is 0.370 e. The Kier molecular flexibility index (Phi) is 17.2. The number of hydrogen-bond donors (Lipinski definition) is 11. The number of nitrogens with one attached hydrogen (secondary N) is 7. The first kappa shape index (κ1) is 45.9. The van der Waals surface area contributed by atoms with Crippen molar-refractivity contribution in [1.29, 1.82) is 0 Å². The van der Waals surface area contributed by atoms with Gasteiger partial charge in [-0.05, 0) is 49.3 Å². The number of primary amides is 1. The predicted octanol–water partition coefficient (Wildman–Crippen LogP) is -0.725. The van der Waals surface area contributed by atoms with E-state index < -0.39 is 71.7 Å². The normalized spacial score (nSPS) is 14.2. The van der Waals surface area contributed by atoms with Crippen molar-refractivity contribution in [3.63, 3.8) is 0 Å². The molecule has 2 aromatic carbocycles. The highest BCUT2D eigenvalue weighted by atomic mass is 16.2. The predicted molar refractivity (Wildman–Crippen MR) is 226 cm³/mol. The van der Waals surface area contributed by atoms with Gasteiger partial charge in [-0.15, -0.1) is 0 Å². The second-order valence-corrected chi connectivity index (χ2v) is 15.1. The molecule has 0 unspecified atom stereocenters. The van der Waals surface area contributed by atoms with E-state index >= 15 is 0 Å². The lowest BCUT2D eigenvalue weighted by molar-refractivity contribution is -0.135. The third-order valence-electron chi connectivity index (χ3n) is 9.69. The Labute approximate surface area is 348 Å². The molecular weight excluding hydrogens is 771 g/mol. The lowest BCUT2D eigenvalue weighted by Gasteiger charge is -2.27. The van der Waals surface area contributed by atoms with Crippen LogP contribution in [0.5, 0.6) is 0 Å². The summed E-state index contributed by atoms with van der Waals surface area (Å²) >= 11 is 0. The molecule has 0 aliphatic carbocycles. The molecule has 60 heavy (non-hydrogen) atoms. The van der Waals surface area contributed by atoms with Gasteiger partial charge in [0.1, 0.15) is 30.2 Å². The highest BCUT2D eigenvalue weighted by molar-refractivity contribution is 5.97. The van der Waals surface area contributed by atoms with Gasteiger partial charge in [-0.25, -0.2) is 4.98 Å². The molecular formula is C41H57N13O6. The van der Waals surface area contributed by atoms with Crippen LogP contribution in [-0.4, -0.2) is 99.2 Å². The summed E-state index contributed by atoms with van der Waals surface area (Å²) in [6, 6.07) is 9.55. The molecule has 19 heteroatoms. The van der Waals surface area contributed by atoms with Gasteiger partial charge in [0.25, 0.3) is 0 Å². The van der Waals surface area contributed by atoms with Crippen LogP contribution in [0.4, 0.5) is 0 Å². The van der Waals surface area contributed by atoms with Crippen LogP contribution in [0.3, 0.4) is 0 Å². The maximum absolute atomic E-state index is 14.5. The quantitative estimate of drug-likeness (QED) is 0.0253. The number of rotatable bonds is 23. The molecule has 0 aliphatic rings. The van der Waals surface area contributed by atoms with Gasteiger partial charge in [0.15, 0.2) is 5.96 Å². The number of aromatic amines is 2. The first-order valence-electron chi connectivity index (χ1n) is 19.8. The molecule has 0 saturated heterocycles. The number of H-pyrrole nitrogens is 2. The fraction of sp³-hybridized carbons (Fsp3) is 0.415. The van der Waals surface area contributed by atoms with Crippen LogP contribution < -0.4 is 49.5 Å². The number of fused-ring (bicyclic) bond motifs is 1. The van der Waals surface area contributed by atoms with E-state index in [1.54, 1.807) is 36.5 Å². The van der Waals surface area contributed by atoms with Crippen LogP contribution in [-0.2, 0) is 48.0 Å². The van der Waals surface area contributed by atoms with Crippen LogP contribution in [0.25, 0.3) is 10.9 Å². The Morgan fingerprint density at radius 1 is 0.700 bits per heavy atom. The van der Waals surface area contributed by atoms with E-state index in [2.05, 4.69) is 46.5 Å². The van der Waals surface area contributed by atoms with Crippen LogP contribution in [0, 0.1) is 5.92 Å². The van der Waals surface area contributed by atoms with Gasteiger partial charge in [0.05, 0.1) is 12.4 Å². The first-order chi connectivity index (χ1) is 28.6. The average molecular weight is 828 g/mol. The van der Waals surface area contributed by atoms with Gasteiger partial charge >= 0.3 is 0 Å². The molecule has 0 bridgehead atoms. The van der Waals surface area contributed by atoms with Crippen LogP contribution in [0.1, 0.15) is 56.9 Å². The van der Waals surface area contributed by atoms with E-state index in [0.29, 0.717) is 29.7 Å². The number of aromatic nitrogens is 3. The van der Waals surface area contributed by atoms with Crippen molar-refractivity contribution in [2.24, 2.45) is 33.8 Å². The Balaban J connectivity index is 1.66. The summed E-state index contributed by atoms with van der Waals surface area (Å²) in [7, 11) is 0. The number of benzene rings is 2. The topological polar surface area (TPSA) is 323 Å². The molecule has 2 aromatic heterocycles. The van der Waals surface area contributed by atoms with Gasteiger partial charge in [0.2, 0.25) is 35.4 Å². The molecule has 4 rings (SSSR count). The molecule has 322 valence electrons. The minimum absolute atomic E-state index is 0.0111. The molecule has 0 radical (unpaired) electrons. The summed E-state index contributed by atoms with van der Waals surface area (Å²) in [4.78, 5) is 95.5. The van der Waals surface area contributed by atoms with E-state index in [0.717, 1.165) is 10.9 Å². The van der Waals surface area contributed by atoms with Crippen molar-refractivity contribution in [3.8, 4) is 0 Å². The van der Waals surface area contributed by atoms with Gasteiger partial charge in [0, 0.05) is 54.8 Å². The van der Waals surface area contributed by atoms with E-state index in [9.17, 15) is 28.8 Å². The minimum Gasteiger partial charge on any atom is -0.370 e. The van der Waals surface area contributed by atoms with Gasteiger partial charge in [-0.3, -0.25) is 33.8 Å². The smallest absolute Gasteiger partial charge is 0.243 e. The standard InChI is InChI=1S/C41H57N13O6/c1-23(2)16-29(42)36(56)51-31(14-9-15-47-41(44)45)37(57)52-32(17-25-10-5-4-6-11-25)39(59)53-33(18-26-20-48-30-13-8-7-12-28(26)30)40(60)54-34(19-27-21-46-22-49-27)38(58)50-24(3)35(43)55/h4-8,10-13,20-24,29,31-34,48H,9,14-19,42H2,1-3H3,(H2,43,55)(H,46,49)(H,50,58)(H,51,56)(H,52,57)(H,53,59)(H,54,60)(H4,44,45,47)/t24-,29-,31-,32-,33-,34-/m0/s1. The SMILES string of the molecule is CC(C)C[C@H](N)C(=O)N[C@@H](CCCN=C(N)N)C(=O)N[C@@H](Cc1ccccc1)C(=O)N[C@@H](Cc1c[nH]c2ccccc12)C(=O)N[C@@H](Cc1cnc[nH]1)C(=O)N[C@@H](C)C(N)=O. The Hall–Kier alpha value is -6.76. The summed E-state index contributed by atoms with van der Waals surface area (Å²) in [6.07, 6.45) is 5.37. The number of imidazole rings is 1. The average Bonchev–Trinajstić information content (AvgIpc) is 3.88. The highest BCUT2D eigenvalue weighted by Gasteiger charge is 2.33. The van der Waals surface area contributed by atoms with Crippen LogP contribution >= 0.6 is 0 Å². The molecule has 0 aliphatic heterocycles. The molecule has 19 nitrogen and oxygen atoms in total. The molecule has 2 heterocycles. The zero-order chi connectivity index (χ0) is 43.8. The minimum atomic E-state index is -1.29. The monoisotopic (exact) mass is 827 g/mol. The molecule has 0 saturated carbocycles. The third kappa shape index (κ3) is 14.3. The fourth-order valence-electron chi connectivity index (χ4n) is 6.48. The molecule has 0 fully saturated rings. The molecule has 0 spiro atoms. The van der Waals surface area contributed by atoms with Gasteiger partial charge in [-0.2, -0.15) is 0 Å². The zero-order valence-corrected chi connectivity index (χ0v) is 34.1. The van der Waals surface area contributed by atoms with Crippen molar-refractivity contribution < 1.29 is 28.8 Å². The summed E-state index contributed by atoms with van der Waals surface area (Å²) in [5.41, 5.74) is 25.2. The van der Waals surface area contributed by atoms with Crippen LogP contribution in [0.15, 0.2) is 78.3 Å². The number of hydrogen-bond acceptors (Lipinski definition) is 9. The summed E-state index contributed by atoms with van der Waals surface area (Å²) < 4.78 is 0. The van der Waals surface area contributed by atoms with Crippen molar-refractivity contribution in [3.05, 3.63) is 90.1 Å². The molecule has 4 aromatic rings. The Bertz CT molecular complexity index is 2080. The summed E-state index contributed by atoms with van der Waals surface area (Å²) in [6.45, 7) is 5.43. The van der Waals surface area contributed by atoms with Crippen molar-refractivity contribution in [2.45, 2.75) is 95.5 Å². The summed E-state index contributed by atoms with van der Waals surface area (Å²) in [5, 5.41) is 14.4. The van der Waals surface area contributed by atoms with E-state index in [1.165, 1.54) is 19.4 Å². The lowest BCUT2D eigenvalue weighted by atomic mass is 10.0. The van der Waals surface area contributed by atoms with E-state index in [1.807, 2.05) is 38.1 Å². The number of nitrogens with zero attached hydrogens (tertiary/aromatic N) is 2. The van der Waals surface area contributed by atoms with Gasteiger partial charge < -0.3 is 59.5 Å². The first-order valence-corrected chi connectivity index (χ1v) is 19.8. The second-order valence-electron chi connectivity index (χ2n) is 15.1. The number of para-hydroxylation sites is 1. The highest BCUT2D eigenvalue weighted by Crippen LogP contribution is 2.20. The fourth-order valence-corrected chi connectivity index (χ4v) is 6.48. The second kappa shape index (κ2) is 22.4. The molecule has 6 atom stereocenters. The maximum atomic E-state index is 14.5. The molecule has 15 N–H and O–H groups in total. The Morgan fingerprint density at radius 3 is 1.90 bits per heavy atom. The molecule has 6 amide bonds. The maximum Gasteiger partial charge on any atom is 0.243 e.